The number of halogens is 1. The van der Waals surface area contributed by atoms with Gasteiger partial charge in [0.05, 0.1) is 29.4 Å². The standard InChI is InChI=1S/C25H24ClN3O5S/c1-17-6-7-18(16-23(17)35(32,33)29-12-14-34-15-13-29)24(30)28-22-5-3-2-4-21(22)25(31)27-20-10-8-19(26)9-11-20/h2-11,16H,12-15H2,1H3,(H,27,31)(H,28,30). The number of rotatable bonds is 6. The van der Waals surface area contributed by atoms with Crippen LogP contribution >= 0.6 is 11.6 Å². The smallest absolute Gasteiger partial charge is 0.257 e. The van der Waals surface area contributed by atoms with E-state index in [4.69, 9.17) is 16.3 Å². The third-order valence-corrected chi connectivity index (χ3v) is 7.85. The van der Waals surface area contributed by atoms with Crippen molar-refractivity contribution in [3.05, 3.63) is 88.4 Å². The first-order valence-corrected chi connectivity index (χ1v) is 12.7. The molecule has 0 radical (unpaired) electrons. The average Bonchev–Trinajstić information content (AvgIpc) is 2.86. The van der Waals surface area contributed by atoms with Gasteiger partial charge in [0, 0.05) is 29.4 Å². The van der Waals surface area contributed by atoms with Crippen LogP contribution in [0.15, 0.2) is 71.6 Å². The van der Waals surface area contributed by atoms with Crippen LogP contribution < -0.4 is 10.6 Å². The highest BCUT2D eigenvalue weighted by Crippen LogP contribution is 2.24. The van der Waals surface area contributed by atoms with E-state index in [9.17, 15) is 18.0 Å². The lowest BCUT2D eigenvalue weighted by molar-refractivity contribution is 0.0730. The Balaban J connectivity index is 1.56. The van der Waals surface area contributed by atoms with Gasteiger partial charge < -0.3 is 15.4 Å². The minimum absolute atomic E-state index is 0.0702. The van der Waals surface area contributed by atoms with Gasteiger partial charge in [-0.2, -0.15) is 4.31 Å². The molecule has 2 amide bonds. The zero-order valence-corrected chi connectivity index (χ0v) is 20.5. The van der Waals surface area contributed by atoms with Gasteiger partial charge in [0.15, 0.2) is 0 Å². The molecule has 10 heteroatoms. The molecule has 1 saturated heterocycles. The van der Waals surface area contributed by atoms with Gasteiger partial charge in [-0.05, 0) is 61.0 Å². The Morgan fingerprint density at radius 2 is 1.60 bits per heavy atom. The molecule has 0 aliphatic carbocycles. The largest absolute Gasteiger partial charge is 0.379 e. The summed E-state index contributed by atoms with van der Waals surface area (Å²) in [6.45, 7) is 2.86. The topological polar surface area (TPSA) is 105 Å². The van der Waals surface area contributed by atoms with Crippen LogP contribution in [-0.4, -0.2) is 50.8 Å². The van der Waals surface area contributed by atoms with E-state index in [-0.39, 0.29) is 29.1 Å². The minimum Gasteiger partial charge on any atom is -0.379 e. The monoisotopic (exact) mass is 513 g/mol. The second-order valence-corrected chi connectivity index (χ2v) is 10.3. The molecule has 0 saturated carbocycles. The number of carbonyl (C=O) groups is 2. The SMILES string of the molecule is Cc1ccc(C(=O)Nc2ccccc2C(=O)Nc2ccc(Cl)cc2)cc1S(=O)(=O)N1CCOCC1. The van der Waals surface area contributed by atoms with Gasteiger partial charge >= 0.3 is 0 Å². The number of anilines is 2. The highest BCUT2D eigenvalue weighted by Gasteiger charge is 2.28. The van der Waals surface area contributed by atoms with Crippen LogP contribution in [0, 0.1) is 6.92 Å². The maximum atomic E-state index is 13.2. The van der Waals surface area contributed by atoms with Crippen molar-refractivity contribution in [1.82, 2.24) is 4.31 Å². The molecule has 0 aromatic heterocycles. The summed E-state index contributed by atoms with van der Waals surface area (Å²) >= 11 is 5.89. The number of carbonyl (C=O) groups excluding carboxylic acids is 2. The van der Waals surface area contributed by atoms with Crippen molar-refractivity contribution in [1.29, 1.82) is 0 Å². The number of hydrogen-bond donors (Lipinski definition) is 2. The number of nitrogens with zero attached hydrogens (tertiary/aromatic N) is 1. The second-order valence-electron chi connectivity index (χ2n) is 7.96. The molecule has 0 atom stereocenters. The lowest BCUT2D eigenvalue weighted by atomic mass is 10.1. The van der Waals surface area contributed by atoms with Crippen LogP contribution in [-0.2, 0) is 14.8 Å². The number of para-hydroxylation sites is 1. The van der Waals surface area contributed by atoms with Gasteiger partial charge in [-0.1, -0.05) is 29.8 Å². The Morgan fingerprint density at radius 1 is 0.914 bits per heavy atom. The van der Waals surface area contributed by atoms with E-state index >= 15 is 0 Å². The average molecular weight is 514 g/mol. The maximum Gasteiger partial charge on any atom is 0.257 e. The van der Waals surface area contributed by atoms with Crippen molar-refractivity contribution in [3.63, 3.8) is 0 Å². The summed E-state index contributed by atoms with van der Waals surface area (Å²) < 4.78 is 32.9. The van der Waals surface area contributed by atoms with E-state index in [0.717, 1.165) is 0 Å². The van der Waals surface area contributed by atoms with Gasteiger partial charge in [-0.15, -0.1) is 0 Å². The molecule has 0 unspecified atom stereocenters. The van der Waals surface area contributed by atoms with Crippen molar-refractivity contribution in [2.45, 2.75) is 11.8 Å². The van der Waals surface area contributed by atoms with E-state index in [1.165, 1.54) is 10.4 Å². The lowest BCUT2D eigenvalue weighted by Gasteiger charge is -2.26. The molecule has 8 nitrogen and oxygen atoms in total. The van der Waals surface area contributed by atoms with Gasteiger partial charge in [0.2, 0.25) is 10.0 Å². The molecule has 1 aliphatic rings. The number of benzene rings is 3. The maximum absolute atomic E-state index is 13.2. The van der Waals surface area contributed by atoms with E-state index in [0.29, 0.717) is 35.2 Å². The number of nitrogens with one attached hydrogen (secondary N) is 2. The van der Waals surface area contributed by atoms with E-state index in [1.54, 1.807) is 67.6 Å². The highest BCUT2D eigenvalue weighted by atomic mass is 35.5. The van der Waals surface area contributed by atoms with Crippen molar-refractivity contribution in [3.8, 4) is 0 Å². The molecule has 4 rings (SSSR count). The summed E-state index contributed by atoms with van der Waals surface area (Å²) in [7, 11) is -3.78. The molecule has 35 heavy (non-hydrogen) atoms. The summed E-state index contributed by atoms with van der Waals surface area (Å²) in [6, 6.07) is 17.7. The number of amides is 2. The van der Waals surface area contributed by atoms with Crippen LogP contribution in [0.25, 0.3) is 0 Å². The van der Waals surface area contributed by atoms with Crippen LogP contribution in [0.2, 0.25) is 5.02 Å². The highest BCUT2D eigenvalue weighted by molar-refractivity contribution is 7.89. The number of sulfonamides is 1. The van der Waals surface area contributed by atoms with Crippen LogP contribution in [0.1, 0.15) is 26.3 Å². The molecule has 1 heterocycles. The van der Waals surface area contributed by atoms with Crippen molar-refractivity contribution in [2.75, 3.05) is 36.9 Å². The third-order valence-electron chi connectivity index (χ3n) is 5.56. The van der Waals surface area contributed by atoms with Crippen molar-refractivity contribution >= 4 is 44.8 Å². The van der Waals surface area contributed by atoms with Gasteiger partial charge in [-0.25, -0.2) is 8.42 Å². The predicted octanol–water partition coefficient (Wildman–Crippen LogP) is 4.17. The summed E-state index contributed by atoms with van der Waals surface area (Å²) in [5, 5.41) is 6.04. The number of morpholine rings is 1. The first-order valence-electron chi connectivity index (χ1n) is 10.9. The summed E-state index contributed by atoms with van der Waals surface area (Å²) in [6.07, 6.45) is 0. The zero-order valence-electron chi connectivity index (χ0n) is 19.0. The molecular weight excluding hydrogens is 490 g/mol. The molecule has 0 bridgehead atoms. The van der Waals surface area contributed by atoms with Crippen LogP contribution in [0.4, 0.5) is 11.4 Å². The fourth-order valence-corrected chi connectivity index (χ4v) is 5.45. The van der Waals surface area contributed by atoms with E-state index < -0.39 is 21.8 Å². The lowest BCUT2D eigenvalue weighted by Crippen LogP contribution is -2.40. The quantitative estimate of drug-likeness (QED) is 0.514. The number of ether oxygens (including phenoxy) is 1. The Labute approximate surface area is 208 Å². The Kier molecular flexibility index (Phi) is 7.51. The van der Waals surface area contributed by atoms with Gasteiger partial charge in [0.1, 0.15) is 0 Å². The molecule has 0 spiro atoms. The number of hydrogen-bond acceptors (Lipinski definition) is 5. The molecular formula is C25H24ClN3O5S. The Morgan fingerprint density at radius 3 is 2.31 bits per heavy atom. The molecule has 3 aromatic rings. The summed E-state index contributed by atoms with van der Waals surface area (Å²) in [4.78, 5) is 26.0. The zero-order chi connectivity index (χ0) is 25.0. The molecule has 1 fully saturated rings. The van der Waals surface area contributed by atoms with Crippen LogP contribution in [0.5, 0.6) is 0 Å². The first-order chi connectivity index (χ1) is 16.8. The second kappa shape index (κ2) is 10.6. The van der Waals surface area contributed by atoms with Gasteiger partial charge in [0.25, 0.3) is 11.8 Å². The molecule has 182 valence electrons. The minimum atomic E-state index is -3.78. The molecule has 2 N–H and O–H groups in total. The van der Waals surface area contributed by atoms with E-state index in [2.05, 4.69) is 10.6 Å². The summed E-state index contributed by atoms with van der Waals surface area (Å²) in [5.41, 5.74) is 1.80. The normalized spacial score (nSPS) is 14.3. The van der Waals surface area contributed by atoms with Crippen molar-refractivity contribution in [2.24, 2.45) is 0 Å². The Hall–Kier alpha value is -3.24. The predicted molar refractivity (Wildman–Crippen MR) is 135 cm³/mol. The number of aryl methyl sites for hydroxylation is 1. The van der Waals surface area contributed by atoms with Crippen LogP contribution in [0.3, 0.4) is 0 Å². The molecule has 1 aliphatic heterocycles. The third kappa shape index (κ3) is 5.71. The van der Waals surface area contributed by atoms with Gasteiger partial charge in [-0.3, -0.25) is 9.59 Å². The Bertz CT molecular complexity index is 1350. The molecule has 3 aromatic carbocycles. The fourth-order valence-electron chi connectivity index (χ4n) is 3.66. The van der Waals surface area contributed by atoms with Crippen molar-refractivity contribution < 1.29 is 22.7 Å². The van der Waals surface area contributed by atoms with E-state index in [1.807, 2.05) is 0 Å². The first kappa shape index (κ1) is 24.9. The summed E-state index contributed by atoms with van der Waals surface area (Å²) in [5.74, 6) is -0.946. The fraction of sp³-hybridized carbons (Fsp3) is 0.200.